The Kier molecular flexibility index (Phi) is 4.36. The molecular formula is C14H15FO3. The standard InChI is InChI=1S/C14H15FO3/c15-12-3-1-4-14(8-12)18-10-11(9-16)7-13-5-2-6-17-13/h1-6,8,11,16H,7,9-10H2. The summed E-state index contributed by atoms with van der Waals surface area (Å²) in [6.07, 6.45) is 2.19. The number of rotatable bonds is 6. The van der Waals surface area contributed by atoms with Gasteiger partial charge in [0.2, 0.25) is 0 Å². The van der Waals surface area contributed by atoms with E-state index in [1.54, 1.807) is 24.5 Å². The van der Waals surface area contributed by atoms with Crippen molar-refractivity contribution in [1.82, 2.24) is 0 Å². The third-order valence-electron chi connectivity index (χ3n) is 2.61. The van der Waals surface area contributed by atoms with Crippen LogP contribution in [0.5, 0.6) is 5.75 Å². The Morgan fingerprint density at radius 1 is 1.28 bits per heavy atom. The third kappa shape index (κ3) is 3.60. The van der Waals surface area contributed by atoms with Crippen LogP contribution >= 0.6 is 0 Å². The van der Waals surface area contributed by atoms with Gasteiger partial charge in [-0.1, -0.05) is 6.07 Å². The van der Waals surface area contributed by atoms with Crippen molar-refractivity contribution >= 4 is 0 Å². The topological polar surface area (TPSA) is 42.6 Å². The Labute approximate surface area is 105 Å². The summed E-state index contributed by atoms with van der Waals surface area (Å²) in [6.45, 7) is 0.316. The van der Waals surface area contributed by atoms with E-state index in [0.29, 0.717) is 18.8 Å². The number of halogens is 1. The highest BCUT2D eigenvalue weighted by Crippen LogP contribution is 2.15. The molecule has 96 valence electrons. The van der Waals surface area contributed by atoms with Crippen LogP contribution in [0.2, 0.25) is 0 Å². The van der Waals surface area contributed by atoms with Crippen LogP contribution in [0, 0.1) is 11.7 Å². The first-order chi connectivity index (χ1) is 8.78. The highest BCUT2D eigenvalue weighted by molar-refractivity contribution is 5.22. The SMILES string of the molecule is OCC(COc1cccc(F)c1)Cc1ccco1. The number of aliphatic hydroxyl groups is 1. The second-order valence-electron chi connectivity index (χ2n) is 4.10. The average Bonchev–Trinajstić information content (AvgIpc) is 2.87. The summed E-state index contributed by atoms with van der Waals surface area (Å²) in [5.74, 6) is 0.864. The van der Waals surface area contributed by atoms with Crippen LogP contribution in [0.3, 0.4) is 0 Å². The Morgan fingerprint density at radius 3 is 2.83 bits per heavy atom. The quantitative estimate of drug-likeness (QED) is 0.857. The maximum absolute atomic E-state index is 12.9. The molecule has 1 unspecified atom stereocenters. The fourth-order valence-electron chi connectivity index (χ4n) is 1.66. The summed E-state index contributed by atoms with van der Waals surface area (Å²) >= 11 is 0. The molecule has 0 spiro atoms. The first kappa shape index (κ1) is 12.6. The molecule has 1 heterocycles. The summed E-state index contributed by atoms with van der Waals surface area (Å²) < 4.78 is 23.6. The van der Waals surface area contributed by atoms with Crippen LogP contribution in [0.15, 0.2) is 47.1 Å². The lowest BCUT2D eigenvalue weighted by molar-refractivity contribution is 0.157. The van der Waals surface area contributed by atoms with Crippen molar-refractivity contribution in [2.75, 3.05) is 13.2 Å². The highest BCUT2D eigenvalue weighted by atomic mass is 19.1. The van der Waals surface area contributed by atoms with E-state index < -0.39 is 0 Å². The molecule has 0 aliphatic rings. The molecule has 0 aliphatic heterocycles. The number of hydrogen-bond acceptors (Lipinski definition) is 3. The van der Waals surface area contributed by atoms with Crippen molar-refractivity contribution in [3.8, 4) is 5.75 Å². The minimum atomic E-state index is -0.334. The number of ether oxygens (including phenoxy) is 1. The summed E-state index contributed by atoms with van der Waals surface area (Å²) in [7, 11) is 0. The zero-order valence-corrected chi connectivity index (χ0v) is 9.88. The molecule has 4 heteroatoms. The normalized spacial score (nSPS) is 12.3. The predicted molar refractivity (Wildman–Crippen MR) is 64.9 cm³/mol. The minimum absolute atomic E-state index is 0.00395. The number of hydrogen-bond donors (Lipinski definition) is 1. The average molecular weight is 250 g/mol. The van der Waals surface area contributed by atoms with Gasteiger partial charge in [0.15, 0.2) is 0 Å². The lowest BCUT2D eigenvalue weighted by atomic mass is 10.1. The molecule has 3 nitrogen and oxygen atoms in total. The van der Waals surface area contributed by atoms with Crippen LogP contribution in [-0.4, -0.2) is 18.3 Å². The van der Waals surface area contributed by atoms with E-state index in [2.05, 4.69) is 0 Å². The number of benzene rings is 1. The number of furan rings is 1. The van der Waals surface area contributed by atoms with Gasteiger partial charge in [-0.15, -0.1) is 0 Å². The van der Waals surface area contributed by atoms with E-state index in [0.717, 1.165) is 5.76 Å². The van der Waals surface area contributed by atoms with Crippen molar-refractivity contribution in [1.29, 1.82) is 0 Å². The molecule has 0 saturated carbocycles. The van der Waals surface area contributed by atoms with Gasteiger partial charge in [-0.05, 0) is 24.3 Å². The van der Waals surface area contributed by atoms with Gasteiger partial charge in [-0.25, -0.2) is 4.39 Å². The summed E-state index contributed by atoms with van der Waals surface area (Å²) in [5, 5.41) is 9.26. The lowest BCUT2D eigenvalue weighted by Crippen LogP contribution is -2.18. The van der Waals surface area contributed by atoms with Gasteiger partial charge in [0.25, 0.3) is 0 Å². The first-order valence-corrected chi connectivity index (χ1v) is 5.79. The zero-order chi connectivity index (χ0) is 12.8. The Balaban J connectivity index is 1.87. The highest BCUT2D eigenvalue weighted by Gasteiger charge is 2.11. The molecule has 1 N–H and O–H groups in total. The molecule has 0 aliphatic carbocycles. The fourth-order valence-corrected chi connectivity index (χ4v) is 1.66. The molecule has 0 radical (unpaired) electrons. The van der Waals surface area contributed by atoms with Crippen LogP contribution in [0.4, 0.5) is 4.39 Å². The molecule has 1 aromatic heterocycles. The maximum atomic E-state index is 12.9. The van der Waals surface area contributed by atoms with E-state index in [1.807, 2.05) is 6.07 Å². The summed E-state index contributed by atoms with van der Waals surface area (Å²) in [4.78, 5) is 0. The van der Waals surface area contributed by atoms with Crippen molar-refractivity contribution in [2.45, 2.75) is 6.42 Å². The third-order valence-corrected chi connectivity index (χ3v) is 2.61. The van der Waals surface area contributed by atoms with Crippen LogP contribution in [-0.2, 0) is 6.42 Å². The van der Waals surface area contributed by atoms with Crippen LogP contribution < -0.4 is 4.74 Å². The van der Waals surface area contributed by atoms with E-state index >= 15 is 0 Å². The zero-order valence-electron chi connectivity index (χ0n) is 9.88. The van der Waals surface area contributed by atoms with Gasteiger partial charge in [-0.3, -0.25) is 0 Å². The summed E-state index contributed by atoms with van der Waals surface area (Å²) in [5.41, 5.74) is 0. The van der Waals surface area contributed by atoms with Crippen LogP contribution in [0.1, 0.15) is 5.76 Å². The predicted octanol–water partition coefficient (Wildman–Crippen LogP) is 2.65. The molecule has 2 aromatic rings. The van der Waals surface area contributed by atoms with Crippen molar-refractivity contribution < 1.29 is 18.7 Å². The van der Waals surface area contributed by atoms with Crippen LogP contribution in [0.25, 0.3) is 0 Å². The Hall–Kier alpha value is -1.81. The van der Waals surface area contributed by atoms with Gasteiger partial charge in [0, 0.05) is 25.0 Å². The first-order valence-electron chi connectivity index (χ1n) is 5.79. The van der Waals surface area contributed by atoms with Gasteiger partial charge in [0.05, 0.1) is 12.9 Å². The lowest BCUT2D eigenvalue weighted by Gasteiger charge is -2.14. The molecule has 1 aromatic carbocycles. The Bertz CT molecular complexity index is 468. The van der Waals surface area contributed by atoms with E-state index in [-0.39, 0.29) is 18.3 Å². The molecule has 0 fully saturated rings. The second-order valence-corrected chi connectivity index (χ2v) is 4.10. The van der Waals surface area contributed by atoms with Crippen molar-refractivity contribution in [3.05, 3.63) is 54.2 Å². The van der Waals surface area contributed by atoms with E-state index in [1.165, 1.54) is 12.1 Å². The van der Waals surface area contributed by atoms with Gasteiger partial charge >= 0.3 is 0 Å². The molecule has 1 atom stereocenters. The molecule has 18 heavy (non-hydrogen) atoms. The monoisotopic (exact) mass is 250 g/mol. The fraction of sp³-hybridized carbons (Fsp3) is 0.286. The smallest absolute Gasteiger partial charge is 0.126 e. The van der Waals surface area contributed by atoms with E-state index in [9.17, 15) is 9.50 Å². The van der Waals surface area contributed by atoms with Gasteiger partial charge in [0.1, 0.15) is 17.3 Å². The Morgan fingerprint density at radius 2 is 2.17 bits per heavy atom. The molecule has 2 rings (SSSR count). The molecule has 0 saturated heterocycles. The molecule has 0 amide bonds. The molecular weight excluding hydrogens is 235 g/mol. The largest absolute Gasteiger partial charge is 0.493 e. The van der Waals surface area contributed by atoms with Gasteiger partial charge < -0.3 is 14.3 Å². The van der Waals surface area contributed by atoms with Gasteiger partial charge in [-0.2, -0.15) is 0 Å². The molecule has 0 bridgehead atoms. The van der Waals surface area contributed by atoms with Crippen molar-refractivity contribution in [2.24, 2.45) is 5.92 Å². The minimum Gasteiger partial charge on any atom is -0.493 e. The second kappa shape index (κ2) is 6.21. The maximum Gasteiger partial charge on any atom is 0.126 e. The number of aliphatic hydroxyl groups excluding tert-OH is 1. The summed E-state index contributed by atoms with van der Waals surface area (Å²) in [6, 6.07) is 9.61. The van der Waals surface area contributed by atoms with E-state index in [4.69, 9.17) is 9.15 Å². The van der Waals surface area contributed by atoms with Crippen molar-refractivity contribution in [3.63, 3.8) is 0 Å².